The number of carbonyl (C=O) groups is 1. The number of piperazine rings is 1. The molecule has 2 aliphatic rings. The zero-order valence-electron chi connectivity index (χ0n) is 14.7. The molecule has 1 saturated carbocycles. The number of carbonyl (C=O) groups excluding carboxylic acids is 1. The minimum absolute atomic E-state index is 0.0203. The van der Waals surface area contributed by atoms with E-state index in [9.17, 15) is 13.2 Å². The molecule has 1 amide bonds. The van der Waals surface area contributed by atoms with Crippen LogP contribution in [-0.2, 0) is 14.8 Å². The van der Waals surface area contributed by atoms with Gasteiger partial charge in [0.25, 0.3) is 10.0 Å². The molecule has 0 bridgehead atoms. The molecule has 2 aromatic heterocycles. The van der Waals surface area contributed by atoms with Gasteiger partial charge in [0.05, 0.1) is 10.1 Å². The maximum absolute atomic E-state index is 12.6. The van der Waals surface area contributed by atoms with Crippen LogP contribution < -0.4 is 5.32 Å². The van der Waals surface area contributed by atoms with Crippen LogP contribution in [0.2, 0.25) is 4.34 Å². The highest BCUT2D eigenvalue weighted by Gasteiger charge is 2.31. The first-order chi connectivity index (χ1) is 13.4. The molecule has 0 aromatic carbocycles. The number of aromatic nitrogens is 2. The fourth-order valence-corrected chi connectivity index (χ4v) is 7.48. The number of sulfonamides is 1. The van der Waals surface area contributed by atoms with Crippen LogP contribution in [0.1, 0.15) is 12.8 Å². The molecule has 8 nitrogen and oxygen atoms in total. The van der Waals surface area contributed by atoms with Crippen molar-refractivity contribution in [1.29, 1.82) is 0 Å². The monoisotopic (exact) mass is 479 g/mol. The normalized spacial score (nSPS) is 18.4. The van der Waals surface area contributed by atoms with Crippen LogP contribution in [0.15, 0.2) is 20.7 Å². The summed E-state index contributed by atoms with van der Waals surface area (Å²) in [6.07, 6.45) is 2.34. The predicted octanol–water partition coefficient (Wildman–Crippen LogP) is 2.45. The van der Waals surface area contributed by atoms with Crippen molar-refractivity contribution in [3.63, 3.8) is 0 Å². The van der Waals surface area contributed by atoms with Crippen molar-refractivity contribution in [2.75, 3.05) is 37.2 Å². The van der Waals surface area contributed by atoms with Gasteiger partial charge >= 0.3 is 0 Å². The average Bonchev–Trinajstić information content (AvgIpc) is 3.19. The highest BCUT2D eigenvalue weighted by molar-refractivity contribution is 8.01. The number of hydrogen-bond acceptors (Lipinski definition) is 9. The third-order valence-corrected chi connectivity index (χ3v) is 9.93. The number of nitrogens with one attached hydrogen (secondary N) is 1. The van der Waals surface area contributed by atoms with Crippen LogP contribution in [0.4, 0.5) is 5.13 Å². The Labute approximate surface area is 180 Å². The van der Waals surface area contributed by atoms with Crippen LogP contribution in [0.5, 0.6) is 0 Å². The van der Waals surface area contributed by atoms with Crippen LogP contribution in [-0.4, -0.2) is 71.7 Å². The van der Waals surface area contributed by atoms with Gasteiger partial charge in [-0.2, -0.15) is 4.31 Å². The van der Waals surface area contributed by atoms with Crippen LogP contribution >= 0.6 is 46.0 Å². The van der Waals surface area contributed by atoms with Gasteiger partial charge in [-0.3, -0.25) is 4.79 Å². The molecule has 152 valence electrons. The van der Waals surface area contributed by atoms with Gasteiger partial charge in [0.1, 0.15) is 4.21 Å². The Morgan fingerprint density at radius 2 is 1.96 bits per heavy atom. The summed E-state index contributed by atoms with van der Waals surface area (Å²) < 4.78 is 28.1. The maximum atomic E-state index is 12.6. The lowest BCUT2D eigenvalue weighted by molar-refractivity contribution is -0.129. The van der Waals surface area contributed by atoms with Crippen molar-refractivity contribution < 1.29 is 13.2 Å². The number of rotatable bonds is 7. The quantitative estimate of drug-likeness (QED) is 0.609. The molecule has 2 aromatic rings. The Bertz CT molecular complexity index is 951. The van der Waals surface area contributed by atoms with Crippen molar-refractivity contribution in [2.45, 2.75) is 27.4 Å². The third-order valence-electron chi connectivity index (χ3n) is 4.36. The van der Waals surface area contributed by atoms with Gasteiger partial charge < -0.3 is 10.2 Å². The fraction of sp³-hybridized carbons (Fsp3) is 0.533. The molecule has 0 radical (unpaired) electrons. The van der Waals surface area contributed by atoms with Crippen molar-refractivity contribution in [3.05, 3.63) is 16.5 Å². The van der Waals surface area contributed by atoms with E-state index in [2.05, 4.69) is 15.5 Å². The summed E-state index contributed by atoms with van der Waals surface area (Å²) in [5.41, 5.74) is 0. The summed E-state index contributed by atoms with van der Waals surface area (Å²) in [7, 11) is -3.55. The van der Waals surface area contributed by atoms with E-state index in [1.54, 1.807) is 11.0 Å². The minimum Gasteiger partial charge on any atom is -0.357 e. The summed E-state index contributed by atoms with van der Waals surface area (Å²) >= 11 is 9.72. The van der Waals surface area contributed by atoms with Gasteiger partial charge in [-0.1, -0.05) is 34.7 Å². The predicted molar refractivity (Wildman–Crippen MR) is 112 cm³/mol. The highest BCUT2D eigenvalue weighted by Crippen LogP contribution is 2.31. The Kier molecular flexibility index (Phi) is 6.14. The number of anilines is 1. The first-order valence-electron chi connectivity index (χ1n) is 8.68. The Balaban J connectivity index is 1.26. The van der Waals surface area contributed by atoms with Gasteiger partial charge in [-0.25, -0.2) is 8.42 Å². The number of hydrogen-bond donors (Lipinski definition) is 1. The average molecular weight is 480 g/mol. The zero-order valence-corrected chi connectivity index (χ0v) is 18.7. The highest BCUT2D eigenvalue weighted by atomic mass is 35.5. The van der Waals surface area contributed by atoms with Gasteiger partial charge in [0, 0.05) is 32.2 Å². The fourth-order valence-electron chi connectivity index (χ4n) is 2.68. The summed E-state index contributed by atoms with van der Waals surface area (Å²) in [5.74, 6) is 0.249. The van der Waals surface area contributed by atoms with Crippen molar-refractivity contribution in [2.24, 2.45) is 0 Å². The van der Waals surface area contributed by atoms with Crippen molar-refractivity contribution in [1.82, 2.24) is 19.4 Å². The number of halogens is 1. The van der Waals surface area contributed by atoms with Crippen LogP contribution in [0.3, 0.4) is 0 Å². The lowest BCUT2D eigenvalue weighted by Crippen LogP contribution is -2.50. The zero-order chi connectivity index (χ0) is 19.7. The lowest BCUT2D eigenvalue weighted by Gasteiger charge is -2.33. The summed E-state index contributed by atoms with van der Waals surface area (Å²) in [5, 5.41) is 12.3. The lowest BCUT2D eigenvalue weighted by atomic mass is 10.3. The smallest absolute Gasteiger partial charge is 0.252 e. The molecule has 1 N–H and O–H groups in total. The van der Waals surface area contributed by atoms with E-state index in [1.165, 1.54) is 46.3 Å². The SMILES string of the molecule is O=C(CSc1nnc(NC2CC2)s1)N1CCN(S(=O)(=O)c2ccc(Cl)s2)CC1. The molecule has 28 heavy (non-hydrogen) atoms. The van der Waals surface area contributed by atoms with Crippen LogP contribution in [0.25, 0.3) is 0 Å². The largest absolute Gasteiger partial charge is 0.357 e. The Morgan fingerprint density at radius 3 is 2.61 bits per heavy atom. The van der Waals surface area contributed by atoms with E-state index in [-0.39, 0.29) is 29.0 Å². The summed E-state index contributed by atoms with van der Waals surface area (Å²) in [6, 6.07) is 3.62. The molecule has 13 heteroatoms. The molecule has 1 aliphatic carbocycles. The van der Waals surface area contributed by atoms with Crippen molar-refractivity contribution >= 4 is 67.1 Å². The van der Waals surface area contributed by atoms with E-state index in [1.807, 2.05) is 0 Å². The van der Waals surface area contributed by atoms with Gasteiger partial charge in [-0.15, -0.1) is 21.5 Å². The number of thiophene rings is 1. The third kappa shape index (κ3) is 4.79. The molecule has 3 heterocycles. The molecule has 1 aliphatic heterocycles. The molecule has 2 fully saturated rings. The van der Waals surface area contributed by atoms with Gasteiger partial charge in [0.15, 0.2) is 4.34 Å². The minimum atomic E-state index is -3.55. The molecule has 0 atom stereocenters. The number of thioether (sulfide) groups is 1. The van der Waals surface area contributed by atoms with E-state index >= 15 is 0 Å². The second-order valence-electron chi connectivity index (χ2n) is 6.42. The van der Waals surface area contributed by atoms with Gasteiger partial charge in [0.2, 0.25) is 11.0 Å². The summed E-state index contributed by atoms with van der Waals surface area (Å²) in [4.78, 5) is 14.2. The first-order valence-corrected chi connectivity index (χ1v) is 13.1. The Morgan fingerprint density at radius 1 is 1.21 bits per heavy atom. The second-order valence-corrected chi connectivity index (χ2v) is 12.5. The first kappa shape index (κ1) is 20.4. The maximum Gasteiger partial charge on any atom is 0.252 e. The number of amides is 1. The van der Waals surface area contributed by atoms with Gasteiger partial charge in [-0.05, 0) is 25.0 Å². The molecule has 0 unspecified atom stereocenters. The van der Waals surface area contributed by atoms with E-state index < -0.39 is 10.0 Å². The summed E-state index contributed by atoms with van der Waals surface area (Å²) in [6.45, 7) is 1.32. The molecular formula is C15H18ClN5O3S4. The van der Waals surface area contributed by atoms with Crippen LogP contribution in [0, 0.1) is 0 Å². The number of nitrogens with zero attached hydrogens (tertiary/aromatic N) is 4. The van der Waals surface area contributed by atoms with Crippen molar-refractivity contribution in [3.8, 4) is 0 Å². The molecule has 4 rings (SSSR count). The molecular weight excluding hydrogens is 462 g/mol. The van der Waals surface area contributed by atoms with E-state index in [0.717, 1.165) is 20.8 Å². The topological polar surface area (TPSA) is 95.5 Å². The van der Waals surface area contributed by atoms with E-state index in [4.69, 9.17) is 11.6 Å². The second kappa shape index (κ2) is 8.44. The van der Waals surface area contributed by atoms with E-state index in [0.29, 0.717) is 23.5 Å². The molecule has 0 spiro atoms. The standard InChI is InChI=1S/C15H18ClN5O3S4/c16-11-3-4-13(26-11)28(23,24)21-7-5-20(6-8-21)12(22)9-25-15-19-18-14(27-15)17-10-1-2-10/h3-4,10H,1-2,5-9H2,(H,17,18). The molecule has 1 saturated heterocycles. The Hall–Kier alpha value is -0.920.